The summed E-state index contributed by atoms with van der Waals surface area (Å²) in [4.78, 5) is 5.28. The molecule has 1 aliphatic rings. The SMILES string of the molecule is COC1C=Cc2ccccc2N1OC.N. The first-order valence-corrected chi connectivity index (χ1v) is 4.50. The third kappa shape index (κ3) is 2.02. The molecular formula is C11H16N2O2. The van der Waals surface area contributed by atoms with E-state index in [9.17, 15) is 0 Å². The van der Waals surface area contributed by atoms with E-state index in [-0.39, 0.29) is 12.4 Å². The molecule has 0 radical (unpaired) electrons. The summed E-state index contributed by atoms with van der Waals surface area (Å²) in [7, 11) is 3.30. The Morgan fingerprint density at radius 2 is 1.93 bits per heavy atom. The van der Waals surface area contributed by atoms with Crippen LogP contribution < -0.4 is 11.2 Å². The molecule has 4 heteroatoms. The highest BCUT2D eigenvalue weighted by Crippen LogP contribution is 2.28. The molecule has 0 amide bonds. The first-order chi connectivity index (χ1) is 6.86. The number of hydroxylamine groups is 1. The van der Waals surface area contributed by atoms with E-state index in [1.165, 1.54) is 0 Å². The number of fused-ring (bicyclic) bond motifs is 1. The minimum Gasteiger partial charge on any atom is -0.356 e. The van der Waals surface area contributed by atoms with Crippen molar-refractivity contribution < 1.29 is 9.57 Å². The van der Waals surface area contributed by atoms with E-state index in [2.05, 4.69) is 0 Å². The molecule has 0 aliphatic carbocycles. The fourth-order valence-corrected chi connectivity index (χ4v) is 1.61. The highest BCUT2D eigenvalue weighted by Gasteiger charge is 2.21. The summed E-state index contributed by atoms with van der Waals surface area (Å²) < 4.78 is 5.27. The minimum absolute atomic E-state index is 0. The third-order valence-electron chi connectivity index (χ3n) is 2.28. The lowest BCUT2D eigenvalue weighted by Crippen LogP contribution is -2.36. The Bertz CT molecular complexity index is 352. The first-order valence-electron chi connectivity index (χ1n) is 4.50. The molecule has 0 saturated heterocycles. The molecule has 0 aromatic heterocycles. The van der Waals surface area contributed by atoms with E-state index in [1.54, 1.807) is 19.3 Å². The summed E-state index contributed by atoms with van der Waals surface area (Å²) in [6, 6.07) is 8.04. The van der Waals surface area contributed by atoms with Crippen molar-refractivity contribution in [3.63, 3.8) is 0 Å². The van der Waals surface area contributed by atoms with Crippen molar-refractivity contribution >= 4 is 11.8 Å². The molecule has 0 bridgehead atoms. The molecule has 1 unspecified atom stereocenters. The summed E-state index contributed by atoms with van der Waals surface area (Å²) in [5.41, 5.74) is 2.17. The second-order valence-electron chi connectivity index (χ2n) is 3.05. The largest absolute Gasteiger partial charge is 0.356 e. The van der Waals surface area contributed by atoms with E-state index >= 15 is 0 Å². The van der Waals surface area contributed by atoms with Crippen LogP contribution in [0.5, 0.6) is 0 Å². The lowest BCUT2D eigenvalue weighted by Gasteiger charge is -2.31. The number of anilines is 1. The van der Waals surface area contributed by atoms with Gasteiger partial charge >= 0.3 is 0 Å². The lowest BCUT2D eigenvalue weighted by molar-refractivity contribution is 0.0302. The van der Waals surface area contributed by atoms with Crippen LogP contribution in [0.25, 0.3) is 6.08 Å². The fraction of sp³-hybridized carbons (Fsp3) is 0.273. The van der Waals surface area contributed by atoms with Crippen LogP contribution in [-0.2, 0) is 9.57 Å². The number of methoxy groups -OCH3 is 1. The third-order valence-corrected chi connectivity index (χ3v) is 2.28. The van der Waals surface area contributed by atoms with Gasteiger partial charge in [-0.2, -0.15) is 0 Å². The van der Waals surface area contributed by atoms with Gasteiger partial charge in [0.1, 0.15) is 0 Å². The molecule has 1 aromatic carbocycles. The molecule has 0 spiro atoms. The molecule has 4 nitrogen and oxygen atoms in total. The van der Waals surface area contributed by atoms with Crippen LogP contribution in [0.3, 0.4) is 0 Å². The van der Waals surface area contributed by atoms with Gasteiger partial charge in [0.25, 0.3) is 0 Å². The summed E-state index contributed by atoms with van der Waals surface area (Å²) >= 11 is 0. The van der Waals surface area contributed by atoms with E-state index in [4.69, 9.17) is 9.57 Å². The number of para-hydroxylation sites is 1. The standard InChI is InChI=1S/C11H13NO2.H3N/c1-13-11-8-7-9-5-3-4-6-10(9)12(11)14-2;/h3-8,11H,1-2H3;1H3. The topological polar surface area (TPSA) is 56.7 Å². The van der Waals surface area contributed by atoms with Crippen LogP contribution in [0.15, 0.2) is 30.3 Å². The van der Waals surface area contributed by atoms with Crippen molar-refractivity contribution in [1.29, 1.82) is 0 Å². The number of ether oxygens (including phenoxy) is 1. The minimum atomic E-state index is -0.144. The van der Waals surface area contributed by atoms with Gasteiger partial charge in [0.05, 0.1) is 12.8 Å². The van der Waals surface area contributed by atoms with Crippen molar-refractivity contribution in [2.45, 2.75) is 6.23 Å². The van der Waals surface area contributed by atoms with Gasteiger partial charge in [0.2, 0.25) is 0 Å². The summed E-state index contributed by atoms with van der Waals surface area (Å²) in [5.74, 6) is 0. The number of rotatable bonds is 2. The quantitative estimate of drug-likeness (QED) is 0.809. The lowest BCUT2D eigenvalue weighted by atomic mass is 10.1. The summed E-state index contributed by atoms with van der Waals surface area (Å²) in [5, 5.41) is 1.75. The Balaban J connectivity index is 0.00000112. The average Bonchev–Trinajstić information content (AvgIpc) is 2.27. The number of hydrogen-bond acceptors (Lipinski definition) is 4. The van der Waals surface area contributed by atoms with Gasteiger partial charge in [0.15, 0.2) is 6.23 Å². The molecule has 1 heterocycles. The van der Waals surface area contributed by atoms with Crippen molar-refractivity contribution in [3.05, 3.63) is 35.9 Å². The van der Waals surface area contributed by atoms with Crippen molar-refractivity contribution in [1.82, 2.24) is 6.15 Å². The Kier molecular flexibility index (Phi) is 3.85. The van der Waals surface area contributed by atoms with Gasteiger partial charge < -0.3 is 10.9 Å². The van der Waals surface area contributed by atoms with Crippen LogP contribution >= 0.6 is 0 Å². The molecule has 3 N–H and O–H groups in total. The Morgan fingerprint density at radius 3 is 2.60 bits per heavy atom. The smallest absolute Gasteiger partial charge is 0.173 e. The van der Waals surface area contributed by atoms with Gasteiger partial charge in [-0.15, -0.1) is 0 Å². The Hall–Kier alpha value is -1.36. The van der Waals surface area contributed by atoms with E-state index in [0.717, 1.165) is 11.3 Å². The zero-order valence-electron chi connectivity index (χ0n) is 9.01. The number of hydrogen-bond donors (Lipinski definition) is 1. The monoisotopic (exact) mass is 208 g/mol. The average molecular weight is 208 g/mol. The summed E-state index contributed by atoms with van der Waals surface area (Å²) in [6.45, 7) is 0. The van der Waals surface area contributed by atoms with Crippen LogP contribution in [0.2, 0.25) is 0 Å². The molecule has 2 rings (SSSR count). The van der Waals surface area contributed by atoms with Crippen molar-refractivity contribution in [2.24, 2.45) is 0 Å². The molecule has 0 fully saturated rings. The predicted molar refractivity (Wildman–Crippen MR) is 60.8 cm³/mol. The zero-order valence-corrected chi connectivity index (χ0v) is 9.01. The normalized spacial score (nSPS) is 18.3. The number of nitrogens with zero attached hydrogens (tertiary/aromatic N) is 1. The second-order valence-corrected chi connectivity index (χ2v) is 3.05. The maximum absolute atomic E-state index is 5.28. The predicted octanol–water partition coefficient (Wildman–Crippen LogP) is 2.22. The van der Waals surface area contributed by atoms with Gasteiger partial charge in [-0.1, -0.05) is 24.3 Å². The molecule has 15 heavy (non-hydrogen) atoms. The maximum atomic E-state index is 5.28. The Labute approximate surface area is 89.6 Å². The van der Waals surface area contributed by atoms with Crippen LogP contribution in [0, 0.1) is 0 Å². The molecule has 0 saturated carbocycles. The van der Waals surface area contributed by atoms with Crippen molar-refractivity contribution in [3.8, 4) is 0 Å². The zero-order chi connectivity index (χ0) is 9.97. The van der Waals surface area contributed by atoms with Gasteiger partial charge in [-0.3, -0.25) is 4.84 Å². The van der Waals surface area contributed by atoms with E-state index in [1.807, 2.05) is 36.4 Å². The summed E-state index contributed by atoms with van der Waals surface area (Å²) in [6.07, 6.45) is 3.86. The molecule has 1 aliphatic heterocycles. The van der Waals surface area contributed by atoms with Gasteiger partial charge in [0, 0.05) is 12.7 Å². The number of benzene rings is 1. The highest BCUT2D eigenvalue weighted by atomic mass is 16.7. The van der Waals surface area contributed by atoms with Gasteiger partial charge in [-0.05, 0) is 12.1 Å². The molecule has 1 atom stereocenters. The Morgan fingerprint density at radius 1 is 1.20 bits per heavy atom. The van der Waals surface area contributed by atoms with E-state index in [0.29, 0.717) is 0 Å². The van der Waals surface area contributed by atoms with Crippen LogP contribution in [0.4, 0.5) is 5.69 Å². The maximum Gasteiger partial charge on any atom is 0.173 e. The van der Waals surface area contributed by atoms with Crippen molar-refractivity contribution in [2.75, 3.05) is 19.3 Å². The molecular weight excluding hydrogens is 192 g/mol. The van der Waals surface area contributed by atoms with Crippen LogP contribution in [0.1, 0.15) is 5.56 Å². The van der Waals surface area contributed by atoms with E-state index < -0.39 is 0 Å². The highest BCUT2D eigenvalue weighted by molar-refractivity contribution is 5.70. The first kappa shape index (κ1) is 11.7. The van der Waals surface area contributed by atoms with Gasteiger partial charge in [-0.25, -0.2) is 5.06 Å². The fourth-order valence-electron chi connectivity index (χ4n) is 1.61. The molecule has 82 valence electrons. The second kappa shape index (κ2) is 4.93. The molecule has 1 aromatic rings. The van der Waals surface area contributed by atoms with Crippen LogP contribution in [-0.4, -0.2) is 20.4 Å².